The summed E-state index contributed by atoms with van der Waals surface area (Å²) >= 11 is 0. The minimum atomic E-state index is -3.40. The van der Waals surface area contributed by atoms with Gasteiger partial charge in [0.1, 0.15) is 6.04 Å². The van der Waals surface area contributed by atoms with Crippen LogP contribution >= 0.6 is 0 Å². The van der Waals surface area contributed by atoms with E-state index in [0.29, 0.717) is 18.4 Å². The zero-order chi connectivity index (χ0) is 15.9. The first-order chi connectivity index (χ1) is 11.1. The molecule has 1 aromatic carbocycles. The van der Waals surface area contributed by atoms with Crippen LogP contribution in [0.2, 0.25) is 0 Å². The molecule has 1 aliphatic carbocycles. The predicted molar refractivity (Wildman–Crippen MR) is 84.0 cm³/mol. The van der Waals surface area contributed by atoms with Crippen molar-refractivity contribution in [3.8, 4) is 0 Å². The molecule has 1 atom stereocenters. The lowest BCUT2D eigenvalue weighted by Gasteiger charge is -2.21. The smallest absolute Gasteiger partial charge is 0.245 e. The second kappa shape index (κ2) is 5.72. The van der Waals surface area contributed by atoms with E-state index in [2.05, 4.69) is 10.1 Å². The Morgan fingerprint density at radius 2 is 1.96 bits per heavy atom. The van der Waals surface area contributed by atoms with Gasteiger partial charge in [0.15, 0.2) is 5.82 Å². The van der Waals surface area contributed by atoms with Gasteiger partial charge in [-0.3, -0.25) is 0 Å². The van der Waals surface area contributed by atoms with Gasteiger partial charge in [0.05, 0.1) is 5.75 Å². The van der Waals surface area contributed by atoms with Crippen LogP contribution in [0.1, 0.15) is 54.9 Å². The molecule has 0 N–H and O–H groups in total. The van der Waals surface area contributed by atoms with Gasteiger partial charge in [0, 0.05) is 12.5 Å². The SMILES string of the molecule is O=S(=O)(Cc1ccccc1)N1CCCC1c1nc(C2CC2)no1. The van der Waals surface area contributed by atoms with Crippen LogP contribution in [-0.4, -0.2) is 29.4 Å². The maximum Gasteiger partial charge on any atom is 0.245 e. The molecule has 1 unspecified atom stereocenters. The molecule has 0 radical (unpaired) electrons. The summed E-state index contributed by atoms with van der Waals surface area (Å²) in [6.07, 6.45) is 3.75. The van der Waals surface area contributed by atoms with Crippen molar-refractivity contribution in [3.63, 3.8) is 0 Å². The Morgan fingerprint density at radius 1 is 1.17 bits per heavy atom. The summed E-state index contributed by atoms with van der Waals surface area (Å²) in [5.41, 5.74) is 0.794. The molecule has 2 aromatic rings. The lowest BCUT2D eigenvalue weighted by atomic mass is 10.2. The minimum absolute atomic E-state index is 0.00790. The summed E-state index contributed by atoms with van der Waals surface area (Å²) in [7, 11) is -3.40. The summed E-state index contributed by atoms with van der Waals surface area (Å²) in [4.78, 5) is 4.44. The number of nitrogens with zero attached hydrogens (tertiary/aromatic N) is 3. The fourth-order valence-corrected chi connectivity index (χ4v) is 4.85. The lowest BCUT2D eigenvalue weighted by Crippen LogP contribution is -2.31. The summed E-state index contributed by atoms with van der Waals surface area (Å²) in [6.45, 7) is 0.515. The highest BCUT2D eigenvalue weighted by atomic mass is 32.2. The summed E-state index contributed by atoms with van der Waals surface area (Å²) in [5.74, 6) is 1.59. The first kappa shape index (κ1) is 14.8. The molecule has 0 amide bonds. The van der Waals surface area contributed by atoms with Gasteiger partial charge >= 0.3 is 0 Å². The zero-order valence-electron chi connectivity index (χ0n) is 12.8. The van der Waals surface area contributed by atoms with Crippen molar-refractivity contribution in [2.45, 2.75) is 43.4 Å². The molecular formula is C16H19N3O3S. The van der Waals surface area contributed by atoms with Crippen LogP contribution in [0, 0.1) is 0 Å². The van der Waals surface area contributed by atoms with E-state index in [1.165, 1.54) is 4.31 Å². The summed E-state index contributed by atoms with van der Waals surface area (Å²) in [6, 6.07) is 8.94. The zero-order valence-corrected chi connectivity index (χ0v) is 13.6. The highest BCUT2D eigenvalue weighted by molar-refractivity contribution is 7.88. The Balaban J connectivity index is 1.56. The molecule has 0 spiro atoms. The van der Waals surface area contributed by atoms with Crippen LogP contribution in [-0.2, 0) is 15.8 Å². The van der Waals surface area contributed by atoms with Gasteiger partial charge in [-0.15, -0.1) is 0 Å². The van der Waals surface area contributed by atoms with Gasteiger partial charge < -0.3 is 4.52 Å². The van der Waals surface area contributed by atoms with Crippen LogP contribution in [0.15, 0.2) is 34.9 Å². The number of sulfonamides is 1. The van der Waals surface area contributed by atoms with Crippen LogP contribution in [0.5, 0.6) is 0 Å². The molecule has 7 heteroatoms. The molecule has 6 nitrogen and oxygen atoms in total. The van der Waals surface area contributed by atoms with Gasteiger partial charge in [0.25, 0.3) is 0 Å². The van der Waals surface area contributed by atoms with Gasteiger partial charge in [-0.25, -0.2) is 8.42 Å². The number of benzene rings is 1. The van der Waals surface area contributed by atoms with Crippen molar-refractivity contribution in [3.05, 3.63) is 47.6 Å². The predicted octanol–water partition coefficient (Wildman–Crippen LogP) is 2.61. The third kappa shape index (κ3) is 3.03. The van der Waals surface area contributed by atoms with Crippen LogP contribution in [0.25, 0.3) is 0 Å². The van der Waals surface area contributed by atoms with Gasteiger partial charge in [-0.2, -0.15) is 9.29 Å². The normalized spacial score (nSPS) is 22.5. The molecule has 1 saturated carbocycles. The Hall–Kier alpha value is -1.73. The van der Waals surface area contributed by atoms with Crippen LogP contribution in [0.4, 0.5) is 0 Å². The van der Waals surface area contributed by atoms with Crippen molar-refractivity contribution in [2.24, 2.45) is 0 Å². The van der Waals surface area contributed by atoms with Crippen molar-refractivity contribution < 1.29 is 12.9 Å². The molecule has 0 bridgehead atoms. The summed E-state index contributed by atoms with van der Waals surface area (Å²) < 4.78 is 32.4. The van der Waals surface area contributed by atoms with E-state index in [1.807, 2.05) is 30.3 Å². The number of rotatable bonds is 5. The van der Waals surface area contributed by atoms with E-state index in [0.717, 1.165) is 37.1 Å². The first-order valence-electron chi connectivity index (χ1n) is 8.00. The highest BCUT2D eigenvalue weighted by Gasteiger charge is 2.39. The van der Waals surface area contributed by atoms with E-state index in [4.69, 9.17) is 4.52 Å². The van der Waals surface area contributed by atoms with E-state index in [-0.39, 0.29) is 11.8 Å². The average Bonchev–Trinajstić information content (AvgIpc) is 3.07. The lowest BCUT2D eigenvalue weighted by molar-refractivity contribution is 0.289. The van der Waals surface area contributed by atoms with E-state index in [1.54, 1.807) is 0 Å². The van der Waals surface area contributed by atoms with E-state index in [9.17, 15) is 8.42 Å². The van der Waals surface area contributed by atoms with E-state index < -0.39 is 10.0 Å². The third-order valence-corrected chi connectivity index (χ3v) is 6.29. The fraction of sp³-hybridized carbons (Fsp3) is 0.500. The highest BCUT2D eigenvalue weighted by Crippen LogP contribution is 2.40. The molecule has 122 valence electrons. The average molecular weight is 333 g/mol. The van der Waals surface area contributed by atoms with Gasteiger partial charge in [-0.05, 0) is 31.2 Å². The molecule has 23 heavy (non-hydrogen) atoms. The van der Waals surface area contributed by atoms with Gasteiger partial charge in [-0.1, -0.05) is 35.5 Å². The molecule has 4 rings (SSSR count). The van der Waals surface area contributed by atoms with Crippen molar-refractivity contribution >= 4 is 10.0 Å². The van der Waals surface area contributed by atoms with E-state index >= 15 is 0 Å². The minimum Gasteiger partial charge on any atom is -0.338 e. The quantitative estimate of drug-likeness (QED) is 0.840. The molecule has 2 fully saturated rings. The summed E-state index contributed by atoms with van der Waals surface area (Å²) in [5, 5.41) is 4.02. The fourth-order valence-electron chi connectivity index (χ4n) is 3.08. The van der Waals surface area contributed by atoms with Crippen molar-refractivity contribution in [1.82, 2.24) is 14.4 Å². The Bertz CT molecular complexity index is 784. The second-order valence-corrected chi connectivity index (χ2v) is 8.20. The van der Waals surface area contributed by atoms with Crippen molar-refractivity contribution in [2.75, 3.05) is 6.54 Å². The molecule has 2 heterocycles. The second-order valence-electron chi connectivity index (χ2n) is 6.28. The molecule has 1 saturated heterocycles. The molecule has 2 aliphatic rings. The monoisotopic (exact) mass is 333 g/mol. The van der Waals surface area contributed by atoms with Crippen LogP contribution in [0.3, 0.4) is 0 Å². The largest absolute Gasteiger partial charge is 0.338 e. The number of aromatic nitrogens is 2. The van der Waals surface area contributed by atoms with Crippen LogP contribution < -0.4 is 0 Å². The molecule has 1 aliphatic heterocycles. The topological polar surface area (TPSA) is 76.3 Å². The third-order valence-electron chi connectivity index (χ3n) is 4.44. The first-order valence-corrected chi connectivity index (χ1v) is 9.61. The Labute approximate surface area is 135 Å². The van der Waals surface area contributed by atoms with Gasteiger partial charge in [0.2, 0.25) is 15.9 Å². The Morgan fingerprint density at radius 3 is 2.70 bits per heavy atom. The van der Waals surface area contributed by atoms with Crippen molar-refractivity contribution in [1.29, 1.82) is 0 Å². The number of hydrogen-bond donors (Lipinski definition) is 0. The maximum atomic E-state index is 12.8. The standard InChI is InChI=1S/C16H19N3O3S/c20-23(21,11-12-5-2-1-3-6-12)19-10-4-7-14(19)16-17-15(18-22-16)13-8-9-13/h1-3,5-6,13-14H,4,7-11H2. The number of hydrogen-bond acceptors (Lipinski definition) is 5. The molecule has 1 aromatic heterocycles. The maximum absolute atomic E-state index is 12.8. The Kier molecular flexibility index (Phi) is 3.69. The molecular weight excluding hydrogens is 314 g/mol.